The van der Waals surface area contributed by atoms with Crippen LogP contribution in [0.5, 0.6) is 0 Å². The van der Waals surface area contributed by atoms with Crippen molar-refractivity contribution in [2.75, 3.05) is 0 Å². The number of halogens is 2. The molecule has 6 aromatic carbocycles. The Morgan fingerprint density at radius 1 is 0.275 bits per heavy atom. The number of nitrogens with zero attached hydrogens (tertiary/aromatic N) is 8. The number of aliphatic imine (C=N–C) groups is 8. The van der Waals surface area contributed by atoms with Crippen molar-refractivity contribution in [1.82, 2.24) is 0 Å². The molecule has 11 rings (SSSR count). The molecule has 0 unspecified atom stereocenters. The molecule has 238 valence electrons. The zero-order valence-corrected chi connectivity index (χ0v) is 30.7. The Balaban J connectivity index is 0.00000106. The van der Waals surface area contributed by atoms with Crippen molar-refractivity contribution in [3.8, 4) is 0 Å². The van der Waals surface area contributed by atoms with Gasteiger partial charge in [0.05, 0.1) is 0 Å². The molecule has 2 radical (unpaired) electrons. The Morgan fingerprint density at radius 3 is 0.745 bits per heavy atom. The van der Waals surface area contributed by atoms with Gasteiger partial charge in [-0.25, -0.2) is 39.9 Å². The Kier molecular flexibility index (Phi) is 7.23. The summed E-state index contributed by atoms with van der Waals surface area (Å²) in [7, 11) is 9.87. The fourth-order valence-electron chi connectivity index (χ4n) is 6.95. The van der Waals surface area contributed by atoms with E-state index in [4.69, 9.17) is 57.8 Å². The van der Waals surface area contributed by atoms with Crippen LogP contribution in [0.3, 0.4) is 0 Å². The minimum Gasteiger partial charge on any atom is -0.208 e. The number of hydrogen-bond donors (Lipinski definition) is 0. The molecule has 6 aromatic rings. The standard InChI is InChI=1S/C40H20N8.2ClH.Sn/c1-2-10-22-18-24-20-32-31(19-23(24)17-21(22)9-1)39-46-37-29-15-7-5-13-27(29)35(44-37)42-33-25-11-3-4-12-26(25)34(41-33)43-36-28-14-6-8-16-30(28)38(45-36)47-40(32)48-39;;;/h1-20H;2*1H;/q;;;+2/p-2. The summed E-state index contributed by atoms with van der Waals surface area (Å²) < 4.78 is 0. The molecular weight excluding hydrogens is 782 g/mol. The molecule has 0 N–H and O–H groups in total. The number of rotatable bonds is 0. The van der Waals surface area contributed by atoms with Gasteiger partial charge in [-0.05, 0) is 45.8 Å². The molecule has 5 aliphatic rings. The Bertz CT molecular complexity index is 2810. The van der Waals surface area contributed by atoms with Gasteiger partial charge < -0.3 is 0 Å². The fourth-order valence-corrected chi connectivity index (χ4v) is 6.95. The maximum Gasteiger partial charge on any atom is 0.164 e. The molecule has 0 atom stereocenters. The van der Waals surface area contributed by atoms with Crippen molar-refractivity contribution in [3.05, 3.63) is 166 Å². The maximum atomic E-state index is 5.12. The van der Waals surface area contributed by atoms with E-state index in [2.05, 4.69) is 48.5 Å². The third-order valence-electron chi connectivity index (χ3n) is 9.24. The quantitative estimate of drug-likeness (QED) is 0.110. The molecule has 8 bridgehead atoms. The Morgan fingerprint density at radius 2 is 0.490 bits per heavy atom. The van der Waals surface area contributed by atoms with Gasteiger partial charge in [0.1, 0.15) is 0 Å². The SMILES string of the molecule is [Cl][Sn][Cl].c1ccc2c(c1)C1=NC2=NC2=NC(=NC3=NC(=NC4=NC(=N1)c1ccccc14)c1cc4cc5ccccc5cc4cc13)c1ccccc12. The third-order valence-corrected chi connectivity index (χ3v) is 9.24. The first-order chi connectivity index (χ1) is 25.1. The third kappa shape index (κ3) is 5.04. The van der Waals surface area contributed by atoms with Gasteiger partial charge in [0.2, 0.25) is 0 Å². The van der Waals surface area contributed by atoms with Gasteiger partial charge >= 0.3 is 36.7 Å². The van der Waals surface area contributed by atoms with E-state index >= 15 is 0 Å². The summed E-state index contributed by atoms with van der Waals surface area (Å²) in [6.45, 7) is 0. The van der Waals surface area contributed by atoms with E-state index in [9.17, 15) is 0 Å². The molecule has 11 heteroatoms. The summed E-state index contributed by atoms with van der Waals surface area (Å²) in [5.41, 5.74) is 7.10. The first-order valence-electron chi connectivity index (χ1n) is 16.1. The van der Waals surface area contributed by atoms with E-state index in [0.29, 0.717) is 46.7 Å². The summed E-state index contributed by atoms with van der Waals surface area (Å²) in [5, 5.41) is 4.55. The smallest absolute Gasteiger partial charge is 0.164 e. The number of fused-ring (bicyclic) bond motifs is 18. The summed E-state index contributed by atoms with van der Waals surface area (Å²) >= 11 is -0.826. The molecule has 0 amide bonds. The minimum atomic E-state index is -0.826. The van der Waals surface area contributed by atoms with Gasteiger partial charge in [0.25, 0.3) is 0 Å². The van der Waals surface area contributed by atoms with Gasteiger partial charge in [-0.3, -0.25) is 0 Å². The second-order valence-electron chi connectivity index (χ2n) is 12.1. The molecule has 5 aliphatic heterocycles. The first-order valence-corrected chi connectivity index (χ1v) is 23.3. The molecule has 0 saturated heterocycles. The molecule has 0 aromatic heterocycles. The van der Waals surface area contributed by atoms with E-state index in [-0.39, 0.29) is 0 Å². The molecule has 0 fully saturated rings. The van der Waals surface area contributed by atoms with Crippen molar-refractivity contribution in [3.63, 3.8) is 0 Å². The average Bonchev–Trinajstić information content (AvgIpc) is 3.89. The van der Waals surface area contributed by atoms with Crippen LogP contribution in [0.2, 0.25) is 0 Å². The molecule has 0 aliphatic carbocycles. The largest absolute Gasteiger partial charge is 0.208 e. The Labute approximate surface area is 308 Å². The maximum absolute atomic E-state index is 5.12. The molecule has 5 heterocycles. The molecule has 0 spiro atoms. The van der Waals surface area contributed by atoms with Crippen LogP contribution in [-0.4, -0.2) is 65.6 Å². The van der Waals surface area contributed by atoms with E-state index < -0.39 is 18.9 Å². The van der Waals surface area contributed by atoms with Crippen molar-refractivity contribution < 1.29 is 0 Å². The van der Waals surface area contributed by atoms with Crippen molar-refractivity contribution in [2.24, 2.45) is 39.9 Å². The Hall–Kier alpha value is -5.42. The van der Waals surface area contributed by atoms with Gasteiger partial charge in [-0.2, -0.15) is 0 Å². The summed E-state index contributed by atoms with van der Waals surface area (Å²) in [6.07, 6.45) is 0. The van der Waals surface area contributed by atoms with Crippen LogP contribution in [0.25, 0.3) is 21.5 Å². The van der Waals surface area contributed by atoms with E-state index in [1.165, 1.54) is 10.8 Å². The topological polar surface area (TPSA) is 98.9 Å². The number of amidine groups is 8. The fraction of sp³-hybridized carbons (Fsp3) is 0. The van der Waals surface area contributed by atoms with Crippen LogP contribution >= 0.6 is 17.8 Å². The summed E-state index contributed by atoms with van der Waals surface area (Å²) in [5.74, 6) is 4.35. The van der Waals surface area contributed by atoms with Gasteiger partial charge in [0, 0.05) is 44.5 Å². The van der Waals surface area contributed by atoms with E-state index in [1.54, 1.807) is 0 Å². The van der Waals surface area contributed by atoms with Crippen molar-refractivity contribution >= 4 is 105 Å². The minimum absolute atomic E-state index is 0.542. The van der Waals surface area contributed by atoms with Crippen LogP contribution in [0, 0.1) is 0 Å². The molecule has 0 saturated carbocycles. The predicted octanol–water partition coefficient (Wildman–Crippen LogP) is 8.13. The summed E-state index contributed by atoms with van der Waals surface area (Å²) in [6, 6.07) is 41.1. The monoisotopic (exact) mass is 802 g/mol. The van der Waals surface area contributed by atoms with Crippen molar-refractivity contribution in [2.45, 2.75) is 0 Å². The number of hydrogen-bond acceptors (Lipinski definition) is 8. The normalized spacial score (nSPS) is 15.9. The zero-order valence-electron chi connectivity index (χ0n) is 26.4. The summed E-state index contributed by atoms with van der Waals surface area (Å²) in [4.78, 5) is 40.2. The molecule has 8 nitrogen and oxygen atoms in total. The van der Waals surface area contributed by atoms with Gasteiger partial charge in [-0.1, -0.05) is 97.1 Å². The molecular formula is C40H20Cl2N8Sn. The second-order valence-corrected chi connectivity index (χ2v) is 16.4. The molecule has 51 heavy (non-hydrogen) atoms. The van der Waals surface area contributed by atoms with Crippen LogP contribution in [0.4, 0.5) is 0 Å². The average molecular weight is 802 g/mol. The van der Waals surface area contributed by atoms with E-state index in [1.807, 2.05) is 72.8 Å². The van der Waals surface area contributed by atoms with Crippen LogP contribution in [0.1, 0.15) is 44.5 Å². The predicted molar refractivity (Wildman–Crippen MR) is 211 cm³/mol. The van der Waals surface area contributed by atoms with Crippen molar-refractivity contribution in [1.29, 1.82) is 0 Å². The number of benzene rings is 6. The van der Waals surface area contributed by atoms with Gasteiger partial charge in [0.15, 0.2) is 46.7 Å². The zero-order chi connectivity index (χ0) is 34.1. The van der Waals surface area contributed by atoms with Crippen LogP contribution in [-0.2, 0) is 0 Å². The van der Waals surface area contributed by atoms with E-state index in [0.717, 1.165) is 55.3 Å². The van der Waals surface area contributed by atoms with Crippen LogP contribution in [0.15, 0.2) is 161 Å². The van der Waals surface area contributed by atoms with Crippen LogP contribution < -0.4 is 0 Å². The first kappa shape index (κ1) is 30.4. The second kappa shape index (κ2) is 12.1. The van der Waals surface area contributed by atoms with Gasteiger partial charge in [-0.15, -0.1) is 0 Å².